The van der Waals surface area contributed by atoms with Gasteiger partial charge in [-0.25, -0.2) is 0 Å². The van der Waals surface area contributed by atoms with Crippen LogP contribution in [0.2, 0.25) is 0 Å². The van der Waals surface area contributed by atoms with Gasteiger partial charge in [-0.15, -0.1) is 0 Å². The Balaban J connectivity index is 3.90. The summed E-state index contributed by atoms with van der Waals surface area (Å²) in [7, 11) is 0. The molecule has 5 N–H and O–H groups in total. The van der Waals surface area contributed by atoms with Crippen LogP contribution in [0.4, 0.5) is 0 Å². The van der Waals surface area contributed by atoms with Crippen LogP contribution in [0.1, 0.15) is 168 Å². The lowest BCUT2D eigenvalue weighted by molar-refractivity contribution is -0.132. The van der Waals surface area contributed by atoms with Gasteiger partial charge in [-0.3, -0.25) is 4.79 Å². The maximum Gasteiger partial charge on any atom is 0.249 e. The molecule has 0 bridgehead atoms. The Labute approximate surface area is 259 Å². The van der Waals surface area contributed by atoms with Crippen molar-refractivity contribution in [3.63, 3.8) is 0 Å². The Morgan fingerprint density at radius 1 is 0.571 bits per heavy atom. The highest BCUT2D eigenvalue weighted by Gasteiger charge is 2.28. The zero-order valence-corrected chi connectivity index (χ0v) is 27.5. The molecular formula is C36H69NO5. The molecule has 0 fully saturated rings. The maximum atomic E-state index is 12.4. The molecule has 6 nitrogen and oxygen atoms in total. The number of aliphatic hydroxyl groups is 4. The van der Waals surface area contributed by atoms with Crippen LogP contribution in [-0.2, 0) is 4.79 Å². The van der Waals surface area contributed by atoms with Gasteiger partial charge < -0.3 is 25.7 Å². The Hall–Kier alpha value is -1.21. The lowest BCUT2D eigenvalue weighted by Crippen LogP contribution is -2.53. The normalized spacial score (nSPS) is 14.9. The molecule has 0 rings (SSSR count). The van der Waals surface area contributed by atoms with E-state index < -0.39 is 36.9 Å². The van der Waals surface area contributed by atoms with Crippen molar-refractivity contribution in [1.29, 1.82) is 0 Å². The first-order valence-electron chi connectivity index (χ1n) is 17.7. The monoisotopic (exact) mass is 596 g/mol. The number of nitrogens with one attached hydrogen (secondary N) is 1. The van der Waals surface area contributed by atoms with Crippen LogP contribution >= 0.6 is 0 Å². The molecule has 6 heteroatoms. The summed E-state index contributed by atoms with van der Waals surface area (Å²) in [6.45, 7) is 3.97. The number of unbranched alkanes of at least 4 members (excludes halogenated alkanes) is 18. The van der Waals surface area contributed by atoms with Gasteiger partial charge in [-0.2, -0.15) is 0 Å². The minimum absolute atomic E-state index is 0.363. The third-order valence-electron chi connectivity index (χ3n) is 8.14. The molecule has 248 valence electrons. The Morgan fingerprint density at radius 3 is 1.50 bits per heavy atom. The number of amides is 1. The van der Waals surface area contributed by atoms with Crippen molar-refractivity contribution in [2.45, 2.75) is 192 Å². The van der Waals surface area contributed by atoms with E-state index in [0.29, 0.717) is 19.3 Å². The predicted molar refractivity (Wildman–Crippen MR) is 177 cm³/mol. The Kier molecular flexibility index (Phi) is 30.3. The molecule has 0 aromatic carbocycles. The molecule has 42 heavy (non-hydrogen) atoms. The summed E-state index contributed by atoms with van der Waals surface area (Å²) in [4.78, 5) is 12.4. The second kappa shape index (κ2) is 31.2. The van der Waals surface area contributed by atoms with Crippen molar-refractivity contribution < 1.29 is 25.2 Å². The highest BCUT2D eigenvalue weighted by Crippen LogP contribution is 2.14. The number of carbonyl (C=O) groups is 1. The van der Waals surface area contributed by atoms with Crippen LogP contribution in [0.25, 0.3) is 0 Å². The van der Waals surface area contributed by atoms with Gasteiger partial charge in [0.2, 0.25) is 5.91 Å². The molecule has 0 spiro atoms. The fourth-order valence-corrected chi connectivity index (χ4v) is 5.24. The van der Waals surface area contributed by atoms with Gasteiger partial charge in [0.15, 0.2) is 0 Å². The molecule has 0 heterocycles. The predicted octanol–water partition coefficient (Wildman–Crippen LogP) is 8.06. The standard InChI is InChI=1S/C36H69NO5/c1-3-5-7-9-11-13-15-17-18-20-22-24-26-28-30-34(40)36(42)37-32(31-38)35(41)33(39)29-27-25-23-21-19-16-14-12-10-8-6-4-2/h12,14,21,23,32-35,38-41H,3-11,13,15-20,22,24-31H2,1-2H3,(H,37,42)/b14-12+,23-21+. The van der Waals surface area contributed by atoms with Crippen molar-refractivity contribution in [1.82, 2.24) is 5.32 Å². The third-order valence-corrected chi connectivity index (χ3v) is 8.14. The number of hydrogen-bond acceptors (Lipinski definition) is 5. The largest absolute Gasteiger partial charge is 0.394 e. The first-order valence-corrected chi connectivity index (χ1v) is 17.7. The minimum Gasteiger partial charge on any atom is -0.394 e. The van der Waals surface area contributed by atoms with Crippen LogP contribution < -0.4 is 5.32 Å². The second-order valence-corrected chi connectivity index (χ2v) is 12.2. The molecule has 0 aromatic heterocycles. The van der Waals surface area contributed by atoms with Gasteiger partial charge in [0, 0.05) is 0 Å². The highest BCUT2D eigenvalue weighted by molar-refractivity contribution is 5.80. The van der Waals surface area contributed by atoms with Crippen molar-refractivity contribution in [3.8, 4) is 0 Å². The van der Waals surface area contributed by atoms with Gasteiger partial charge in [0.1, 0.15) is 12.2 Å². The van der Waals surface area contributed by atoms with Crippen LogP contribution in [0.5, 0.6) is 0 Å². The van der Waals surface area contributed by atoms with E-state index in [0.717, 1.165) is 44.9 Å². The number of aliphatic hydroxyl groups excluding tert-OH is 4. The van der Waals surface area contributed by atoms with Crippen molar-refractivity contribution >= 4 is 5.91 Å². The van der Waals surface area contributed by atoms with Crippen LogP contribution in [0.15, 0.2) is 24.3 Å². The molecule has 0 aliphatic heterocycles. The molecule has 0 aliphatic rings. The minimum atomic E-state index is -1.28. The summed E-state index contributed by atoms with van der Waals surface area (Å²) in [6.07, 6.45) is 32.0. The van der Waals surface area contributed by atoms with Gasteiger partial charge in [0.25, 0.3) is 0 Å². The molecule has 0 saturated heterocycles. The fraction of sp³-hybridized carbons (Fsp3) is 0.861. The molecule has 0 aromatic rings. The quantitative estimate of drug-likeness (QED) is 0.0411. The number of carbonyl (C=O) groups excluding carboxylic acids is 1. The third kappa shape index (κ3) is 25.3. The van der Waals surface area contributed by atoms with E-state index in [1.165, 1.54) is 89.9 Å². The van der Waals surface area contributed by atoms with E-state index in [-0.39, 0.29) is 0 Å². The molecule has 4 atom stereocenters. The number of rotatable bonds is 31. The van der Waals surface area contributed by atoms with E-state index in [1.54, 1.807) is 0 Å². The molecule has 0 saturated carbocycles. The van der Waals surface area contributed by atoms with E-state index in [2.05, 4.69) is 43.5 Å². The van der Waals surface area contributed by atoms with E-state index in [9.17, 15) is 25.2 Å². The zero-order chi connectivity index (χ0) is 31.1. The molecule has 0 radical (unpaired) electrons. The SMILES string of the molecule is CCCCC/C=C/CC/C=C/CCCC(O)C(O)C(CO)NC(=O)C(O)CCCCCCCCCCCCCCCC. The molecule has 0 aliphatic carbocycles. The van der Waals surface area contributed by atoms with Gasteiger partial charge >= 0.3 is 0 Å². The molecule has 1 amide bonds. The van der Waals surface area contributed by atoms with E-state index in [4.69, 9.17) is 0 Å². The van der Waals surface area contributed by atoms with Crippen molar-refractivity contribution in [2.24, 2.45) is 0 Å². The number of allylic oxidation sites excluding steroid dienone is 4. The maximum absolute atomic E-state index is 12.4. The molecule has 4 unspecified atom stereocenters. The van der Waals surface area contributed by atoms with Crippen LogP contribution in [0, 0.1) is 0 Å². The summed E-state index contributed by atoms with van der Waals surface area (Å²) in [5, 5.41) is 43.3. The summed E-state index contributed by atoms with van der Waals surface area (Å²) in [5.41, 5.74) is 0. The van der Waals surface area contributed by atoms with Crippen molar-refractivity contribution in [3.05, 3.63) is 24.3 Å². The fourth-order valence-electron chi connectivity index (χ4n) is 5.24. The van der Waals surface area contributed by atoms with Gasteiger partial charge in [-0.05, 0) is 51.4 Å². The topological polar surface area (TPSA) is 110 Å². The highest BCUT2D eigenvalue weighted by atomic mass is 16.3. The van der Waals surface area contributed by atoms with E-state index in [1.807, 2.05) is 0 Å². The Morgan fingerprint density at radius 2 is 1.00 bits per heavy atom. The van der Waals surface area contributed by atoms with Gasteiger partial charge in [-0.1, -0.05) is 141 Å². The van der Waals surface area contributed by atoms with Crippen LogP contribution in [0.3, 0.4) is 0 Å². The van der Waals surface area contributed by atoms with Gasteiger partial charge in [0.05, 0.1) is 18.8 Å². The van der Waals surface area contributed by atoms with E-state index >= 15 is 0 Å². The first-order chi connectivity index (χ1) is 20.5. The average molecular weight is 596 g/mol. The Bertz CT molecular complexity index is 638. The molecular weight excluding hydrogens is 526 g/mol. The average Bonchev–Trinajstić information content (AvgIpc) is 2.99. The lowest BCUT2D eigenvalue weighted by Gasteiger charge is -2.27. The summed E-state index contributed by atoms with van der Waals surface area (Å²) in [5.74, 6) is -0.600. The second-order valence-electron chi connectivity index (χ2n) is 12.2. The smallest absolute Gasteiger partial charge is 0.249 e. The number of hydrogen-bond donors (Lipinski definition) is 5. The zero-order valence-electron chi connectivity index (χ0n) is 27.5. The summed E-state index contributed by atoms with van der Waals surface area (Å²) < 4.78 is 0. The first kappa shape index (κ1) is 40.8. The lowest BCUT2D eigenvalue weighted by atomic mass is 10.00. The summed E-state index contributed by atoms with van der Waals surface area (Å²) >= 11 is 0. The van der Waals surface area contributed by atoms with Crippen LogP contribution in [-0.4, -0.2) is 57.3 Å². The summed E-state index contributed by atoms with van der Waals surface area (Å²) in [6, 6.07) is -1.00. The van der Waals surface area contributed by atoms with Crippen molar-refractivity contribution in [2.75, 3.05) is 6.61 Å².